The number of rotatable bonds is 4. The summed E-state index contributed by atoms with van der Waals surface area (Å²) in [6.07, 6.45) is 0. The highest BCUT2D eigenvalue weighted by Crippen LogP contribution is 2.28. The third kappa shape index (κ3) is 3.25. The van der Waals surface area contributed by atoms with E-state index in [0.717, 1.165) is 10.8 Å². The Balaban J connectivity index is 1.95. The lowest BCUT2D eigenvalue weighted by Gasteiger charge is -2.10. The molecule has 6 heteroatoms. The first-order valence-electron chi connectivity index (χ1n) is 6.85. The van der Waals surface area contributed by atoms with Gasteiger partial charge in [0.05, 0.1) is 22.7 Å². The van der Waals surface area contributed by atoms with Crippen LogP contribution < -0.4 is 9.46 Å². The molecule has 0 saturated carbocycles. The molecule has 0 aliphatic heterocycles. The minimum atomic E-state index is -3.69. The Morgan fingerprint density at radius 1 is 0.957 bits per heavy atom. The third-order valence-electron chi connectivity index (χ3n) is 3.44. The molecule has 0 atom stereocenters. The highest BCUT2D eigenvalue weighted by Gasteiger charge is 2.15. The zero-order valence-electron chi connectivity index (χ0n) is 12.3. The molecule has 1 N–H and O–H groups in total. The van der Waals surface area contributed by atoms with E-state index in [1.807, 2.05) is 24.3 Å². The van der Waals surface area contributed by atoms with Crippen LogP contribution in [-0.2, 0) is 10.0 Å². The van der Waals surface area contributed by atoms with Gasteiger partial charge >= 0.3 is 0 Å². The quantitative estimate of drug-likeness (QED) is 0.765. The summed E-state index contributed by atoms with van der Waals surface area (Å²) in [5.74, 6) is 0.486. The van der Waals surface area contributed by atoms with Gasteiger partial charge in [-0.25, -0.2) is 8.42 Å². The molecular weight excluding hydrogens is 334 g/mol. The summed E-state index contributed by atoms with van der Waals surface area (Å²) in [6, 6.07) is 17.3. The van der Waals surface area contributed by atoms with Gasteiger partial charge in [-0.3, -0.25) is 4.72 Å². The van der Waals surface area contributed by atoms with Gasteiger partial charge in [-0.2, -0.15) is 0 Å². The van der Waals surface area contributed by atoms with Crippen molar-refractivity contribution in [2.24, 2.45) is 0 Å². The average molecular weight is 348 g/mol. The zero-order chi connectivity index (χ0) is 16.4. The maximum atomic E-state index is 12.5. The molecule has 118 valence electrons. The number of anilines is 1. The molecule has 0 aromatic heterocycles. The summed E-state index contributed by atoms with van der Waals surface area (Å²) in [5, 5.41) is 2.19. The van der Waals surface area contributed by atoms with E-state index in [4.69, 9.17) is 16.3 Å². The Kier molecular flexibility index (Phi) is 4.15. The normalized spacial score (nSPS) is 11.4. The van der Waals surface area contributed by atoms with E-state index < -0.39 is 10.0 Å². The van der Waals surface area contributed by atoms with Gasteiger partial charge in [-0.15, -0.1) is 0 Å². The summed E-state index contributed by atoms with van der Waals surface area (Å²) in [7, 11) is -2.19. The molecular formula is C17H14ClNO3S. The maximum Gasteiger partial charge on any atom is 0.261 e. The van der Waals surface area contributed by atoms with Crippen molar-refractivity contribution in [1.82, 2.24) is 0 Å². The molecule has 0 radical (unpaired) electrons. The summed E-state index contributed by atoms with van der Waals surface area (Å²) in [6.45, 7) is 0. The first-order chi connectivity index (χ1) is 11.0. The molecule has 0 aliphatic carbocycles. The van der Waals surface area contributed by atoms with E-state index in [2.05, 4.69) is 4.72 Å². The largest absolute Gasteiger partial charge is 0.495 e. The zero-order valence-corrected chi connectivity index (χ0v) is 13.9. The number of fused-ring (bicyclic) bond motifs is 1. The fourth-order valence-electron chi connectivity index (χ4n) is 2.28. The third-order valence-corrected chi connectivity index (χ3v) is 5.11. The first-order valence-corrected chi connectivity index (χ1v) is 8.71. The molecule has 0 heterocycles. The molecule has 3 rings (SSSR count). The van der Waals surface area contributed by atoms with Crippen molar-refractivity contribution in [3.8, 4) is 5.75 Å². The predicted molar refractivity (Wildman–Crippen MR) is 92.8 cm³/mol. The van der Waals surface area contributed by atoms with Crippen LogP contribution in [0.2, 0.25) is 5.02 Å². The molecule has 0 spiro atoms. The van der Waals surface area contributed by atoms with Crippen LogP contribution in [0.3, 0.4) is 0 Å². The van der Waals surface area contributed by atoms with E-state index >= 15 is 0 Å². The number of hydrogen-bond acceptors (Lipinski definition) is 3. The summed E-state index contributed by atoms with van der Waals surface area (Å²) < 4.78 is 32.6. The highest BCUT2D eigenvalue weighted by molar-refractivity contribution is 7.92. The van der Waals surface area contributed by atoms with Gasteiger partial charge in [0.1, 0.15) is 5.75 Å². The molecule has 0 aliphatic rings. The first kappa shape index (κ1) is 15.6. The van der Waals surface area contributed by atoms with E-state index in [-0.39, 0.29) is 4.90 Å². The van der Waals surface area contributed by atoms with Crippen molar-refractivity contribution in [1.29, 1.82) is 0 Å². The number of benzene rings is 3. The number of ether oxygens (including phenoxy) is 1. The monoisotopic (exact) mass is 347 g/mol. The standard InChI is InChI=1S/C17H14ClNO3S/c1-22-17-9-7-14(11-16(17)18)19-23(20,21)15-8-6-12-4-2-3-5-13(12)10-15/h2-11,19H,1H3. The van der Waals surface area contributed by atoms with Crippen LogP contribution in [0.15, 0.2) is 65.6 Å². The summed E-state index contributed by atoms with van der Waals surface area (Å²) in [5.41, 5.74) is 0.379. The lowest BCUT2D eigenvalue weighted by Crippen LogP contribution is -2.12. The molecule has 0 fully saturated rings. The number of methoxy groups -OCH3 is 1. The fourth-order valence-corrected chi connectivity index (χ4v) is 3.62. The fraction of sp³-hybridized carbons (Fsp3) is 0.0588. The minimum absolute atomic E-state index is 0.197. The van der Waals surface area contributed by atoms with E-state index in [0.29, 0.717) is 16.5 Å². The van der Waals surface area contributed by atoms with Crippen LogP contribution in [0.25, 0.3) is 10.8 Å². The van der Waals surface area contributed by atoms with Gasteiger partial charge in [-0.1, -0.05) is 41.9 Å². The molecule has 3 aromatic rings. The lowest BCUT2D eigenvalue weighted by atomic mass is 10.1. The molecule has 0 unspecified atom stereocenters. The second-order valence-electron chi connectivity index (χ2n) is 4.96. The van der Waals surface area contributed by atoms with Gasteiger partial charge in [0.25, 0.3) is 10.0 Å². The maximum absolute atomic E-state index is 12.5. The summed E-state index contributed by atoms with van der Waals surface area (Å²) >= 11 is 6.02. The van der Waals surface area contributed by atoms with E-state index in [1.165, 1.54) is 13.2 Å². The number of sulfonamides is 1. The molecule has 0 amide bonds. The van der Waals surface area contributed by atoms with Gasteiger partial charge in [0, 0.05) is 0 Å². The SMILES string of the molecule is COc1ccc(NS(=O)(=O)c2ccc3ccccc3c2)cc1Cl. The van der Waals surface area contributed by atoms with Crippen LogP contribution in [-0.4, -0.2) is 15.5 Å². The smallest absolute Gasteiger partial charge is 0.261 e. The second kappa shape index (κ2) is 6.10. The second-order valence-corrected chi connectivity index (χ2v) is 7.05. The Bertz CT molecular complexity index is 970. The molecule has 23 heavy (non-hydrogen) atoms. The number of nitrogens with one attached hydrogen (secondary N) is 1. The van der Waals surface area contributed by atoms with E-state index in [9.17, 15) is 8.42 Å². The molecule has 0 saturated heterocycles. The van der Waals surface area contributed by atoms with Crippen molar-refractivity contribution in [3.05, 3.63) is 65.7 Å². The van der Waals surface area contributed by atoms with Gasteiger partial charge < -0.3 is 4.74 Å². The molecule has 3 aromatic carbocycles. The van der Waals surface area contributed by atoms with E-state index in [1.54, 1.807) is 30.3 Å². The van der Waals surface area contributed by atoms with Crippen LogP contribution in [0.1, 0.15) is 0 Å². The van der Waals surface area contributed by atoms with Crippen LogP contribution >= 0.6 is 11.6 Å². The Morgan fingerprint density at radius 2 is 1.70 bits per heavy atom. The van der Waals surface area contributed by atoms with Crippen molar-refractivity contribution >= 4 is 38.1 Å². The predicted octanol–water partition coefficient (Wildman–Crippen LogP) is 4.30. The topological polar surface area (TPSA) is 55.4 Å². The van der Waals surface area contributed by atoms with Gasteiger partial charge in [0.2, 0.25) is 0 Å². The van der Waals surface area contributed by atoms with Crippen molar-refractivity contribution in [3.63, 3.8) is 0 Å². The van der Waals surface area contributed by atoms with Crippen molar-refractivity contribution in [2.45, 2.75) is 4.90 Å². The minimum Gasteiger partial charge on any atom is -0.495 e. The molecule has 4 nitrogen and oxygen atoms in total. The van der Waals surface area contributed by atoms with Gasteiger partial charge in [0.15, 0.2) is 0 Å². The highest BCUT2D eigenvalue weighted by atomic mass is 35.5. The van der Waals surface area contributed by atoms with Gasteiger partial charge in [-0.05, 0) is 41.1 Å². The van der Waals surface area contributed by atoms with Crippen LogP contribution in [0.5, 0.6) is 5.75 Å². The summed E-state index contributed by atoms with van der Waals surface area (Å²) in [4.78, 5) is 0.197. The van der Waals surface area contributed by atoms with Crippen molar-refractivity contribution in [2.75, 3.05) is 11.8 Å². The van der Waals surface area contributed by atoms with Crippen molar-refractivity contribution < 1.29 is 13.2 Å². The Hall–Kier alpha value is -2.24. The van der Waals surface area contributed by atoms with Crippen LogP contribution in [0.4, 0.5) is 5.69 Å². The molecule has 0 bridgehead atoms. The Morgan fingerprint density at radius 3 is 2.39 bits per heavy atom. The Labute approximate surface area is 139 Å². The number of halogens is 1. The van der Waals surface area contributed by atoms with Crippen LogP contribution in [0, 0.1) is 0 Å². The average Bonchev–Trinajstić information content (AvgIpc) is 2.54. The lowest BCUT2D eigenvalue weighted by molar-refractivity contribution is 0.415. The number of hydrogen-bond donors (Lipinski definition) is 1.